The number of nitrogens with zero attached hydrogens (tertiary/aromatic N) is 2. The Morgan fingerprint density at radius 3 is 3.00 bits per heavy atom. The van der Waals surface area contributed by atoms with Crippen LogP contribution < -0.4 is 0 Å². The molecule has 0 bridgehead atoms. The second-order valence-corrected chi connectivity index (χ2v) is 5.46. The molecule has 4 heteroatoms. The van der Waals surface area contributed by atoms with Crippen LogP contribution in [0.25, 0.3) is 11.0 Å². The lowest BCUT2D eigenvalue weighted by molar-refractivity contribution is 0.141. The third kappa shape index (κ3) is 2.63. The number of para-hydroxylation sites is 1. The molecule has 0 unspecified atom stereocenters. The fraction of sp³-hybridized carbons (Fsp3) is 0.533. The van der Waals surface area contributed by atoms with Crippen LogP contribution >= 0.6 is 11.6 Å². The maximum Gasteiger partial charge on any atom is 0.113 e. The normalized spacial score (nSPS) is 15.3. The number of hydrogen-bond acceptors (Lipinski definition) is 2. The van der Waals surface area contributed by atoms with Crippen molar-refractivity contribution in [2.24, 2.45) is 0 Å². The van der Waals surface area contributed by atoms with E-state index in [0.29, 0.717) is 5.92 Å². The van der Waals surface area contributed by atoms with Crippen LogP contribution in [-0.4, -0.2) is 22.8 Å². The number of rotatable bonds is 6. The average molecular weight is 279 g/mol. The molecule has 1 heterocycles. The summed E-state index contributed by atoms with van der Waals surface area (Å²) < 4.78 is 7.72. The first-order valence-electron chi connectivity index (χ1n) is 7.03. The van der Waals surface area contributed by atoms with Gasteiger partial charge in [-0.2, -0.15) is 0 Å². The van der Waals surface area contributed by atoms with Gasteiger partial charge in [-0.05, 0) is 38.3 Å². The van der Waals surface area contributed by atoms with Gasteiger partial charge in [0.1, 0.15) is 5.82 Å². The number of halogens is 1. The molecule has 1 saturated carbocycles. The van der Waals surface area contributed by atoms with E-state index in [1.54, 1.807) is 0 Å². The minimum atomic E-state index is 0.635. The standard InChI is InChI=1S/C15H19ClN2O/c1-2-19-10-4-9-18-14-12(16)5-3-6-13(14)17-15(18)11-7-8-11/h3,5-6,11H,2,4,7-10H2,1H3. The van der Waals surface area contributed by atoms with E-state index in [2.05, 4.69) is 4.57 Å². The van der Waals surface area contributed by atoms with Crippen LogP contribution in [0.5, 0.6) is 0 Å². The summed E-state index contributed by atoms with van der Waals surface area (Å²) in [7, 11) is 0. The van der Waals surface area contributed by atoms with Gasteiger partial charge in [0.05, 0.1) is 16.1 Å². The van der Waals surface area contributed by atoms with E-state index in [1.807, 2.05) is 25.1 Å². The number of fused-ring (bicyclic) bond motifs is 1. The number of imidazole rings is 1. The predicted molar refractivity (Wildman–Crippen MR) is 77.8 cm³/mol. The van der Waals surface area contributed by atoms with Crippen molar-refractivity contribution in [2.75, 3.05) is 13.2 Å². The molecule has 1 aromatic heterocycles. The van der Waals surface area contributed by atoms with E-state index in [0.717, 1.165) is 42.2 Å². The lowest BCUT2D eigenvalue weighted by Gasteiger charge is -2.09. The predicted octanol–water partition coefficient (Wildman–Crippen LogP) is 3.99. The van der Waals surface area contributed by atoms with Crippen LogP contribution in [0.1, 0.15) is 37.9 Å². The molecule has 102 valence electrons. The molecular formula is C15H19ClN2O. The zero-order chi connectivity index (χ0) is 13.2. The monoisotopic (exact) mass is 278 g/mol. The third-order valence-electron chi connectivity index (χ3n) is 3.56. The highest BCUT2D eigenvalue weighted by Crippen LogP contribution is 2.41. The van der Waals surface area contributed by atoms with Gasteiger partial charge in [-0.3, -0.25) is 0 Å². The number of benzene rings is 1. The van der Waals surface area contributed by atoms with Gasteiger partial charge >= 0.3 is 0 Å². The summed E-state index contributed by atoms with van der Waals surface area (Å²) in [4.78, 5) is 4.77. The van der Waals surface area contributed by atoms with Gasteiger partial charge in [-0.1, -0.05) is 17.7 Å². The minimum Gasteiger partial charge on any atom is -0.382 e. The lowest BCUT2D eigenvalue weighted by atomic mass is 10.3. The van der Waals surface area contributed by atoms with Gasteiger partial charge < -0.3 is 9.30 Å². The van der Waals surface area contributed by atoms with Gasteiger partial charge in [0, 0.05) is 25.7 Å². The topological polar surface area (TPSA) is 27.1 Å². The number of aromatic nitrogens is 2. The molecule has 0 saturated heterocycles. The Morgan fingerprint density at radius 2 is 2.26 bits per heavy atom. The Kier molecular flexibility index (Phi) is 3.76. The minimum absolute atomic E-state index is 0.635. The zero-order valence-electron chi connectivity index (χ0n) is 11.2. The summed E-state index contributed by atoms with van der Waals surface area (Å²) in [6.07, 6.45) is 3.52. The molecule has 3 rings (SSSR count). The SMILES string of the molecule is CCOCCCn1c(C2CC2)nc2cccc(Cl)c21. The van der Waals surface area contributed by atoms with E-state index in [9.17, 15) is 0 Å². The molecule has 1 aliphatic carbocycles. The number of aryl methyl sites for hydroxylation is 1. The Morgan fingerprint density at radius 1 is 1.42 bits per heavy atom. The van der Waals surface area contributed by atoms with E-state index < -0.39 is 0 Å². The highest BCUT2D eigenvalue weighted by molar-refractivity contribution is 6.35. The zero-order valence-corrected chi connectivity index (χ0v) is 12.0. The first-order valence-corrected chi connectivity index (χ1v) is 7.41. The van der Waals surface area contributed by atoms with Crippen LogP contribution in [0.15, 0.2) is 18.2 Å². The number of hydrogen-bond donors (Lipinski definition) is 0. The highest BCUT2D eigenvalue weighted by atomic mass is 35.5. The summed E-state index contributed by atoms with van der Waals surface area (Å²) in [5.74, 6) is 1.84. The smallest absolute Gasteiger partial charge is 0.113 e. The molecule has 3 nitrogen and oxygen atoms in total. The Balaban J connectivity index is 1.92. The van der Waals surface area contributed by atoms with Crippen molar-refractivity contribution in [3.8, 4) is 0 Å². The molecule has 0 atom stereocenters. The van der Waals surface area contributed by atoms with Gasteiger partial charge in [-0.25, -0.2) is 4.98 Å². The summed E-state index contributed by atoms with van der Waals surface area (Å²) in [6.45, 7) is 4.54. The molecule has 0 aliphatic heterocycles. The van der Waals surface area contributed by atoms with Gasteiger partial charge in [0.25, 0.3) is 0 Å². The maximum atomic E-state index is 6.35. The van der Waals surface area contributed by atoms with E-state index >= 15 is 0 Å². The molecule has 1 aliphatic rings. The van der Waals surface area contributed by atoms with Gasteiger partial charge in [0.15, 0.2) is 0 Å². The van der Waals surface area contributed by atoms with Crippen molar-refractivity contribution in [3.63, 3.8) is 0 Å². The number of ether oxygens (including phenoxy) is 1. The maximum absolute atomic E-state index is 6.35. The molecule has 0 N–H and O–H groups in total. The Labute approximate surface area is 118 Å². The molecule has 19 heavy (non-hydrogen) atoms. The summed E-state index contributed by atoms with van der Waals surface area (Å²) in [6, 6.07) is 5.96. The molecule has 2 aromatic rings. The largest absolute Gasteiger partial charge is 0.382 e. The van der Waals surface area contributed by atoms with E-state index in [1.165, 1.54) is 18.7 Å². The van der Waals surface area contributed by atoms with Crippen LogP contribution in [0, 0.1) is 0 Å². The highest BCUT2D eigenvalue weighted by Gasteiger charge is 2.29. The van der Waals surface area contributed by atoms with Crippen molar-refractivity contribution in [3.05, 3.63) is 29.0 Å². The van der Waals surface area contributed by atoms with Crippen LogP contribution in [0.4, 0.5) is 0 Å². The molecule has 0 amide bonds. The van der Waals surface area contributed by atoms with Crippen LogP contribution in [-0.2, 0) is 11.3 Å². The van der Waals surface area contributed by atoms with Crippen molar-refractivity contribution < 1.29 is 4.74 Å². The second kappa shape index (κ2) is 5.51. The first kappa shape index (κ1) is 12.9. The quantitative estimate of drug-likeness (QED) is 0.747. The van der Waals surface area contributed by atoms with Crippen molar-refractivity contribution in [1.29, 1.82) is 0 Å². The van der Waals surface area contributed by atoms with Crippen molar-refractivity contribution in [1.82, 2.24) is 9.55 Å². The summed E-state index contributed by atoms with van der Waals surface area (Å²) in [5.41, 5.74) is 2.10. The van der Waals surface area contributed by atoms with Crippen molar-refractivity contribution in [2.45, 2.75) is 38.6 Å². The van der Waals surface area contributed by atoms with Gasteiger partial charge in [0.2, 0.25) is 0 Å². The fourth-order valence-electron chi connectivity index (χ4n) is 2.51. The van der Waals surface area contributed by atoms with E-state index in [-0.39, 0.29) is 0 Å². The molecule has 0 spiro atoms. The lowest BCUT2D eigenvalue weighted by Crippen LogP contribution is -2.06. The molecule has 1 fully saturated rings. The molecule has 1 aromatic carbocycles. The van der Waals surface area contributed by atoms with Crippen molar-refractivity contribution >= 4 is 22.6 Å². The third-order valence-corrected chi connectivity index (χ3v) is 3.87. The van der Waals surface area contributed by atoms with Crippen LogP contribution in [0.3, 0.4) is 0 Å². The first-order chi connectivity index (χ1) is 9.31. The summed E-state index contributed by atoms with van der Waals surface area (Å²) in [5, 5.41) is 0.799. The Bertz CT molecular complexity index is 575. The molecular weight excluding hydrogens is 260 g/mol. The molecule has 0 radical (unpaired) electrons. The van der Waals surface area contributed by atoms with E-state index in [4.69, 9.17) is 21.3 Å². The average Bonchev–Trinajstić information content (AvgIpc) is 3.18. The summed E-state index contributed by atoms with van der Waals surface area (Å²) >= 11 is 6.35. The van der Waals surface area contributed by atoms with Crippen LogP contribution in [0.2, 0.25) is 5.02 Å². The second-order valence-electron chi connectivity index (χ2n) is 5.05. The van der Waals surface area contributed by atoms with Gasteiger partial charge in [-0.15, -0.1) is 0 Å². The Hall–Kier alpha value is -1.06. The fourth-order valence-corrected chi connectivity index (χ4v) is 2.78.